The molecule has 45 heavy (non-hydrogen) atoms. The number of hydrogen-bond acceptors (Lipinski definition) is 5. The second-order valence-electron chi connectivity index (χ2n) is 10.3. The number of carboxylic acids is 1. The Morgan fingerprint density at radius 2 is 1.58 bits per heavy atom. The Balaban J connectivity index is 0. The molecule has 0 bridgehead atoms. The minimum atomic E-state index is -1.000. The summed E-state index contributed by atoms with van der Waals surface area (Å²) >= 11 is 1.57. The minimum Gasteiger partial charge on any atom is -0.480 e. The van der Waals surface area contributed by atoms with E-state index in [9.17, 15) is 14.7 Å². The van der Waals surface area contributed by atoms with E-state index >= 15 is 0 Å². The number of benzene rings is 2. The van der Waals surface area contributed by atoms with Crippen molar-refractivity contribution < 1.29 is 19.4 Å². The van der Waals surface area contributed by atoms with Gasteiger partial charge in [0.05, 0.1) is 0 Å². The van der Waals surface area contributed by atoms with Gasteiger partial charge in [-0.05, 0) is 98.0 Å². The molecule has 0 radical (unpaired) electrons. The van der Waals surface area contributed by atoms with Crippen molar-refractivity contribution in [2.24, 2.45) is 5.92 Å². The molecular formula is C38H66N2O4S. The van der Waals surface area contributed by atoms with Crippen LogP contribution in [0.1, 0.15) is 115 Å². The average molecular weight is 647 g/mol. The summed E-state index contributed by atoms with van der Waals surface area (Å²) in [7, 11) is 1.78. The van der Waals surface area contributed by atoms with Crippen LogP contribution in [-0.4, -0.2) is 66.7 Å². The van der Waals surface area contributed by atoms with Crippen molar-refractivity contribution in [3.8, 4) is 11.1 Å². The van der Waals surface area contributed by atoms with Crippen LogP contribution >= 0.6 is 11.8 Å². The highest BCUT2D eigenvalue weighted by molar-refractivity contribution is 7.98. The minimum absolute atomic E-state index is 0.338. The van der Waals surface area contributed by atoms with Gasteiger partial charge in [0.25, 0.3) is 5.91 Å². The number of ether oxygens (including phenoxy) is 1. The van der Waals surface area contributed by atoms with Gasteiger partial charge in [-0.1, -0.05) is 98.6 Å². The summed E-state index contributed by atoms with van der Waals surface area (Å²) in [5.74, 6) is 0.131. The molecule has 1 aliphatic heterocycles. The van der Waals surface area contributed by atoms with Crippen LogP contribution in [-0.2, 0) is 16.1 Å². The number of nitrogens with one attached hydrogen (secondary N) is 1. The number of likely N-dealkylation sites (tertiary alicyclic amines) is 1. The number of carbonyl (C=O) groups excluding carboxylic acids is 1. The molecule has 258 valence electrons. The molecule has 1 aliphatic rings. The van der Waals surface area contributed by atoms with Crippen LogP contribution in [0.25, 0.3) is 11.1 Å². The quantitative estimate of drug-likeness (QED) is 0.213. The standard InChI is InChI=1S/C24H30N2O3S.C8H18O.3C2H6/c1-17-7-3-4-8-19(17)21-15-18(16-26-12-5-6-13-26)9-10-20(21)23(27)25-22(24(28)29)11-14-30-2;1-4-6-8(5-2)7-9-3;3*1-2/h3-4,7-10,15,22H,5-6,11-14,16H2,1-2H3,(H,25,27)(H,28,29);8H,4-7H2,1-3H3;3*1-2H3. The first-order valence-corrected chi connectivity index (χ1v) is 18.7. The third-order valence-corrected chi connectivity index (χ3v) is 7.90. The van der Waals surface area contributed by atoms with E-state index in [2.05, 4.69) is 30.1 Å². The number of thioether (sulfide) groups is 1. The lowest BCUT2D eigenvalue weighted by molar-refractivity contribution is -0.139. The van der Waals surface area contributed by atoms with Crippen LogP contribution < -0.4 is 5.32 Å². The number of aliphatic carboxylic acids is 1. The van der Waals surface area contributed by atoms with Crippen LogP contribution in [0.4, 0.5) is 0 Å². The topological polar surface area (TPSA) is 78.9 Å². The first-order valence-electron chi connectivity index (χ1n) is 17.3. The van der Waals surface area contributed by atoms with E-state index in [0.29, 0.717) is 17.7 Å². The Morgan fingerprint density at radius 3 is 2.09 bits per heavy atom. The molecule has 0 saturated carbocycles. The molecule has 2 aromatic carbocycles. The van der Waals surface area contributed by atoms with Gasteiger partial charge in [0.2, 0.25) is 0 Å². The van der Waals surface area contributed by atoms with E-state index in [1.807, 2.05) is 91.1 Å². The number of hydrogen-bond donors (Lipinski definition) is 2. The Bertz CT molecular complexity index is 1020. The third kappa shape index (κ3) is 17.8. The van der Waals surface area contributed by atoms with Gasteiger partial charge in [0, 0.05) is 25.8 Å². The zero-order chi connectivity index (χ0) is 34.6. The normalized spacial score (nSPS) is 13.2. The number of carbonyl (C=O) groups is 2. The Morgan fingerprint density at radius 1 is 0.956 bits per heavy atom. The van der Waals surface area contributed by atoms with Crippen LogP contribution in [0.2, 0.25) is 0 Å². The molecule has 3 rings (SSSR count). The summed E-state index contributed by atoms with van der Waals surface area (Å²) in [5.41, 5.74) is 4.63. The molecule has 1 fully saturated rings. The van der Waals surface area contributed by atoms with Gasteiger partial charge in [0.1, 0.15) is 6.04 Å². The van der Waals surface area contributed by atoms with E-state index in [4.69, 9.17) is 4.74 Å². The Kier molecular flexibility index (Phi) is 28.9. The zero-order valence-corrected chi connectivity index (χ0v) is 31.3. The van der Waals surface area contributed by atoms with Crippen LogP contribution in [0.5, 0.6) is 0 Å². The highest BCUT2D eigenvalue weighted by Crippen LogP contribution is 2.29. The van der Waals surface area contributed by atoms with Gasteiger partial charge in [-0.3, -0.25) is 9.69 Å². The molecule has 1 amide bonds. The van der Waals surface area contributed by atoms with E-state index in [0.717, 1.165) is 48.8 Å². The summed E-state index contributed by atoms with van der Waals surface area (Å²) < 4.78 is 5.05. The maximum atomic E-state index is 13.1. The fourth-order valence-electron chi connectivity index (χ4n) is 4.96. The molecule has 2 aromatic rings. The average Bonchev–Trinajstić information content (AvgIpc) is 3.59. The van der Waals surface area contributed by atoms with Crippen molar-refractivity contribution in [1.82, 2.24) is 10.2 Å². The highest BCUT2D eigenvalue weighted by atomic mass is 32.2. The van der Waals surface area contributed by atoms with Crippen molar-refractivity contribution in [1.29, 1.82) is 0 Å². The number of nitrogens with zero attached hydrogens (tertiary/aromatic N) is 1. The number of rotatable bonds is 14. The monoisotopic (exact) mass is 646 g/mol. The van der Waals surface area contributed by atoms with Gasteiger partial charge < -0.3 is 15.2 Å². The van der Waals surface area contributed by atoms with Crippen LogP contribution in [0, 0.1) is 12.8 Å². The number of carboxylic acid groups (broad SMARTS) is 1. The lowest BCUT2D eigenvalue weighted by Gasteiger charge is -2.19. The van der Waals surface area contributed by atoms with E-state index in [1.165, 1.54) is 37.7 Å². The summed E-state index contributed by atoms with van der Waals surface area (Å²) in [6, 6.07) is 13.0. The predicted molar refractivity (Wildman–Crippen MR) is 198 cm³/mol. The van der Waals surface area contributed by atoms with Gasteiger partial charge in [-0.15, -0.1) is 0 Å². The first-order chi connectivity index (χ1) is 21.8. The Labute approximate surface area is 281 Å². The van der Waals surface area contributed by atoms with E-state index in [-0.39, 0.29) is 5.91 Å². The van der Waals surface area contributed by atoms with Gasteiger partial charge in [0.15, 0.2) is 0 Å². The van der Waals surface area contributed by atoms with E-state index in [1.54, 1.807) is 18.9 Å². The van der Waals surface area contributed by atoms with Gasteiger partial charge >= 0.3 is 5.97 Å². The lowest BCUT2D eigenvalue weighted by Crippen LogP contribution is -2.41. The number of aryl methyl sites for hydroxylation is 1. The van der Waals surface area contributed by atoms with Crippen LogP contribution in [0.15, 0.2) is 42.5 Å². The SMILES string of the molecule is CC.CC.CC.CCCC(CC)COC.CSCCC(NC(=O)c1ccc(CN2CCCC2)cc1-c1ccccc1C)C(=O)O. The molecule has 2 atom stereocenters. The number of methoxy groups -OCH3 is 1. The summed E-state index contributed by atoms with van der Waals surface area (Å²) in [4.78, 5) is 27.1. The fraction of sp³-hybridized carbons (Fsp3) is 0.632. The third-order valence-electron chi connectivity index (χ3n) is 7.26. The molecule has 7 heteroatoms. The molecule has 0 aromatic heterocycles. The summed E-state index contributed by atoms with van der Waals surface area (Å²) in [6.45, 7) is 22.5. The molecule has 6 nitrogen and oxygen atoms in total. The van der Waals surface area contributed by atoms with Crippen molar-refractivity contribution in [2.45, 2.75) is 113 Å². The summed E-state index contributed by atoms with van der Waals surface area (Å²) in [5, 5.41) is 12.2. The fourth-order valence-corrected chi connectivity index (χ4v) is 5.43. The first kappa shape index (κ1) is 44.8. The largest absolute Gasteiger partial charge is 0.480 e. The van der Waals surface area contributed by atoms with Crippen molar-refractivity contribution in [2.75, 3.05) is 38.8 Å². The van der Waals surface area contributed by atoms with Crippen molar-refractivity contribution in [3.05, 3.63) is 59.2 Å². The van der Waals surface area contributed by atoms with Crippen molar-refractivity contribution >= 4 is 23.6 Å². The second-order valence-corrected chi connectivity index (χ2v) is 11.3. The van der Waals surface area contributed by atoms with Gasteiger partial charge in [-0.2, -0.15) is 11.8 Å². The molecule has 1 heterocycles. The molecule has 2 N–H and O–H groups in total. The maximum Gasteiger partial charge on any atom is 0.326 e. The number of amides is 1. The smallest absolute Gasteiger partial charge is 0.326 e. The molecular weight excluding hydrogens is 580 g/mol. The predicted octanol–water partition coefficient (Wildman–Crippen LogP) is 9.73. The lowest BCUT2D eigenvalue weighted by atomic mass is 9.93. The molecule has 1 saturated heterocycles. The van der Waals surface area contributed by atoms with Crippen LogP contribution in [0.3, 0.4) is 0 Å². The zero-order valence-electron chi connectivity index (χ0n) is 30.5. The van der Waals surface area contributed by atoms with Crippen molar-refractivity contribution in [3.63, 3.8) is 0 Å². The second kappa shape index (κ2) is 29.1. The van der Waals surface area contributed by atoms with Gasteiger partial charge in [-0.25, -0.2) is 4.79 Å². The molecule has 0 spiro atoms. The maximum absolute atomic E-state index is 13.1. The van der Waals surface area contributed by atoms with E-state index < -0.39 is 12.0 Å². The molecule has 0 aliphatic carbocycles. The summed E-state index contributed by atoms with van der Waals surface area (Å²) in [6.07, 6.45) is 8.63. The highest BCUT2D eigenvalue weighted by Gasteiger charge is 2.23. The Hall–Kier alpha value is -2.35. The molecule has 2 unspecified atom stereocenters.